The Labute approximate surface area is 111 Å². The molecular weight excluding hydrogens is 245 g/mol. The van der Waals surface area contributed by atoms with Gasteiger partial charge in [0.2, 0.25) is 0 Å². The number of ether oxygens (including phenoxy) is 2. The third kappa shape index (κ3) is 3.45. The molecule has 0 saturated heterocycles. The normalized spacial score (nSPS) is 10.3. The molecule has 0 atom stereocenters. The first kappa shape index (κ1) is 13.4. The fourth-order valence-corrected chi connectivity index (χ4v) is 1.78. The van der Waals surface area contributed by atoms with E-state index in [1.807, 2.05) is 18.2 Å². The molecule has 0 aliphatic heterocycles. The molecular formula is C15H16FNO2. The molecule has 0 saturated carbocycles. The topological polar surface area (TPSA) is 44.5 Å². The van der Waals surface area contributed by atoms with Gasteiger partial charge in [0.25, 0.3) is 0 Å². The van der Waals surface area contributed by atoms with E-state index in [0.29, 0.717) is 12.4 Å². The largest absolute Gasteiger partial charge is 0.497 e. The van der Waals surface area contributed by atoms with Gasteiger partial charge in [-0.2, -0.15) is 0 Å². The van der Waals surface area contributed by atoms with E-state index < -0.39 is 0 Å². The average Bonchev–Trinajstić information content (AvgIpc) is 2.46. The third-order valence-electron chi connectivity index (χ3n) is 2.82. The quantitative estimate of drug-likeness (QED) is 0.900. The molecule has 0 bridgehead atoms. The van der Waals surface area contributed by atoms with Crippen LogP contribution in [0.15, 0.2) is 42.5 Å². The number of nitrogens with two attached hydrogens (primary N) is 1. The highest BCUT2D eigenvalue weighted by molar-refractivity contribution is 5.33. The zero-order chi connectivity index (χ0) is 13.7. The van der Waals surface area contributed by atoms with Crippen LogP contribution in [-0.2, 0) is 13.2 Å². The molecule has 0 radical (unpaired) electrons. The lowest BCUT2D eigenvalue weighted by Gasteiger charge is -2.11. The SMILES string of the molecule is COc1cccc(OCc2ccc(F)cc2CN)c1. The summed E-state index contributed by atoms with van der Waals surface area (Å²) >= 11 is 0. The van der Waals surface area contributed by atoms with Crippen LogP contribution in [0.1, 0.15) is 11.1 Å². The molecule has 0 amide bonds. The summed E-state index contributed by atoms with van der Waals surface area (Å²) in [6, 6.07) is 11.9. The van der Waals surface area contributed by atoms with Crippen LogP contribution in [0, 0.1) is 5.82 Å². The molecule has 0 spiro atoms. The van der Waals surface area contributed by atoms with E-state index in [9.17, 15) is 4.39 Å². The molecule has 3 nitrogen and oxygen atoms in total. The van der Waals surface area contributed by atoms with Crippen molar-refractivity contribution < 1.29 is 13.9 Å². The van der Waals surface area contributed by atoms with Crippen LogP contribution in [0.4, 0.5) is 4.39 Å². The van der Waals surface area contributed by atoms with Gasteiger partial charge in [0.15, 0.2) is 0 Å². The van der Waals surface area contributed by atoms with Crippen LogP contribution < -0.4 is 15.2 Å². The van der Waals surface area contributed by atoms with Crippen LogP contribution in [0.25, 0.3) is 0 Å². The van der Waals surface area contributed by atoms with Crippen molar-refractivity contribution in [2.45, 2.75) is 13.2 Å². The van der Waals surface area contributed by atoms with Crippen molar-refractivity contribution in [3.63, 3.8) is 0 Å². The van der Waals surface area contributed by atoms with Gasteiger partial charge in [-0.1, -0.05) is 12.1 Å². The van der Waals surface area contributed by atoms with Crippen molar-refractivity contribution in [2.75, 3.05) is 7.11 Å². The smallest absolute Gasteiger partial charge is 0.123 e. The van der Waals surface area contributed by atoms with Gasteiger partial charge in [0.1, 0.15) is 23.9 Å². The predicted octanol–water partition coefficient (Wildman–Crippen LogP) is 2.87. The Morgan fingerprint density at radius 2 is 1.84 bits per heavy atom. The molecule has 0 fully saturated rings. The molecule has 19 heavy (non-hydrogen) atoms. The monoisotopic (exact) mass is 261 g/mol. The first-order valence-corrected chi connectivity index (χ1v) is 5.97. The van der Waals surface area contributed by atoms with E-state index in [4.69, 9.17) is 15.2 Å². The summed E-state index contributed by atoms with van der Waals surface area (Å²) in [5.74, 6) is 1.15. The molecule has 2 rings (SSSR count). The summed E-state index contributed by atoms with van der Waals surface area (Å²) < 4.78 is 23.9. The zero-order valence-corrected chi connectivity index (χ0v) is 10.7. The Hall–Kier alpha value is -2.07. The lowest BCUT2D eigenvalue weighted by atomic mass is 10.1. The summed E-state index contributed by atoms with van der Waals surface area (Å²) in [5.41, 5.74) is 7.23. The van der Waals surface area contributed by atoms with Gasteiger partial charge >= 0.3 is 0 Å². The van der Waals surface area contributed by atoms with E-state index >= 15 is 0 Å². The number of hydrogen-bond donors (Lipinski definition) is 1. The van der Waals surface area contributed by atoms with Gasteiger partial charge in [0.05, 0.1) is 7.11 Å². The molecule has 2 aromatic carbocycles. The van der Waals surface area contributed by atoms with E-state index in [1.54, 1.807) is 19.2 Å². The summed E-state index contributed by atoms with van der Waals surface area (Å²) in [7, 11) is 1.60. The molecule has 0 aromatic heterocycles. The summed E-state index contributed by atoms with van der Waals surface area (Å²) in [6.07, 6.45) is 0. The Kier molecular flexibility index (Phi) is 4.36. The first-order chi connectivity index (χ1) is 9.22. The van der Waals surface area contributed by atoms with Crippen LogP contribution in [0.3, 0.4) is 0 Å². The maximum absolute atomic E-state index is 13.1. The molecule has 0 aliphatic rings. The predicted molar refractivity (Wildman–Crippen MR) is 71.6 cm³/mol. The number of halogens is 1. The molecule has 2 aromatic rings. The van der Waals surface area contributed by atoms with Gasteiger partial charge in [-0.25, -0.2) is 4.39 Å². The Bertz CT molecular complexity index is 558. The van der Waals surface area contributed by atoms with Crippen molar-refractivity contribution >= 4 is 0 Å². The second-order valence-corrected chi connectivity index (χ2v) is 4.08. The Morgan fingerprint density at radius 1 is 1.05 bits per heavy atom. The maximum Gasteiger partial charge on any atom is 0.123 e. The molecule has 2 N–H and O–H groups in total. The summed E-state index contributed by atoms with van der Waals surface area (Å²) in [4.78, 5) is 0. The standard InChI is InChI=1S/C15H16FNO2/c1-18-14-3-2-4-15(8-14)19-10-11-5-6-13(16)7-12(11)9-17/h2-8H,9-10,17H2,1H3. The molecule has 100 valence electrons. The minimum atomic E-state index is -0.286. The zero-order valence-electron chi connectivity index (χ0n) is 10.7. The second kappa shape index (κ2) is 6.20. The molecule has 0 heterocycles. The van der Waals surface area contributed by atoms with Gasteiger partial charge in [-0.3, -0.25) is 0 Å². The highest BCUT2D eigenvalue weighted by Crippen LogP contribution is 2.21. The average molecular weight is 261 g/mol. The number of rotatable bonds is 5. The van der Waals surface area contributed by atoms with Crippen LogP contribution >= 0.6 is 0 Å². The third-order valence-corrected chi connectivity index (χ3v) is 2.82. The Balaban J connectivity index is 2.09. The Morgan fingerprint density at radius 3 is 2.58 bits per heavy atom. The van der Waals surface area contributed by atoms with E-state index in [1.165, 1.54) is 12.1 Å². The fourth-order valence-electron chi connectivity index (χ4n) is 1.78. The first-order valence-electron chi connectivity index (χ1n) is 5.97. The van der Waals surface area contributed by atoms with Crippen molar-refractivity contribution in [2.24, 2.45) is 5.73 Å². The number of hydrogen-bond acceptors (Lipinski definition) is 3. The van der Waals surface area contributed by atoms with E-state index in [2.05, 4.69) is 0 Å². The highest BCUT2D eigenvalue weighted by atomic mass is 19.1. The van der Waals surface area contributed by atoms with Crippen molar-refractivity contribution in [1.29, 1.82) is 0 Å². The van der Waals surface area contributed by atoms with E-state index in [0.717, 1.165) is 16.9 Å². The van der Waals surface area contributed by atoms with E-state index in [-0.39, 0.29) is 12.4 Å². The second-order valence-electron chi connectivity index (χ2n) is 4.08. The lowest BCUT2D eigenvalue weighted by Crippen LogP contribution is -2.05. The van der Waals surface area contributed by atoms with Gasteiger partial charge in [-0.05, 0) is 35.4 Å². The number of benzene rings is 2. The summed E-state index contributed by atoms with van der Waals surface area (Å²) in [5, 5.41) is 0. The van der Waals surface area contributed by atoms with Gasteiger partial charge in [0, 0.05) is 12.6 Å². The summed E-state index contributed by atoms with van der Waals surface area (Å²) in [6.45, 7) is 0.633. The van der Waals surface area contributed by atoms with Gasteiger partial charge < -0.3 is 15.2 Å². The van der Waals surface area contributed by atoms with Crippen molar-refractivity contribution in [3.8, 4) is 11.5 Å². The number of methoxy groups -OCH3 is 1. The molecule has 0 aliphatic carbocycles. The van der Waals surface area contributed by atoms with Crippen LogP contribution in [0.2, 0.25) is 0 Å². The van der Waals surface area contributed by atoms with Crippen molar-refractivity contribution in [1.82, 2.24) is 0 Å². The fraction of sp³-hybridized carbons (Fsp3) is 0.200. The van der Waals surface area contributed by atoms with Gasteiger partial charge in [-0.15, -0.1) is 0 Å². The minimum Gasteiger partial charge on any atom is -0.497 e. The lowest BCUT2D eigenvalue weighted by molar-refractivity contribution is 0.302. The van der Waals surface area contributed by atoms with Crippen LogP contribution in [-0.4, -0.2) is 7.11 Å². The minimum absolute atomic E-state index is 0.286. The van der Waals surface area contributed by atoms with Crippen molar-refractivity contribution in [3.05, 3.63) is 59.4 Å². The molecule has 4 heteroatoms. The van der Waals surface area contributed by atoms with Crippen LogP contribution in [0.5, 0.6) is 11.5 Å². The maximum atomic E-state index is 13.1. The highest BCUT2D eigenvalue weighted by Gasteiger charge is 2.04. The molecule has 0 unspecified atom stereocenters.